The standard InChI is InChI=1S/C23H20N4O2/c28-23(25-17-18-12-14-24-21(16-18)27-15-7-13-26-27)22(19-8-3-1-4-9-19)29-20-10-5-2-6-11-20/h1-16,22H,17H2,(H,25,28). The summed E-state index contributed by atoms with van der Waals surface area (Å²) in [6.07, 6.45) is 4.48. The van der Waals surface area contributed by atoms with Gasteiger partial charge in [0.05, 0.1) is 0 Å². The number of aromatic nitrogens is 3. The minimum Gasteiger partial charge on any atom is -0.476 e. The van der Waals surface area contributed by atoms with Gasteiger partial charge < -0.3 is 10.1 Å². The summed E-state index contributed by atoms with van der Waals surface area (Å²) in [5, 5.41) is 7.15. The molecule has 0 saturated carbocycles. The Labute approximate surface area is 168 Å². The Morgan fingerprint density at radius 1 is 0.966 bits per heavy atom. The Hall–Kier alpha value is -3.93. The van der Waals surface area contributed by atoms with Crippen molar-refractivity contribution in [2.24, 2.45) is 0 Å². The molecule has 1 atom stereocenters. The summed E-state index contributed by atoms with van der Waals surface area (Å²) in [5.41, 5.74) is 1.71. The van der Waals surface area contributed by atoms with Crippen LogP contribution in [-0.4, -0.2) is 20.7 Å². The number of benzene rings is 2. The molecule has 0 radical (unpaired) electrons. The van der Waals surface area contributed by atoms with E-state index < -0.39 is 6.10 Å². The third kappa shape index (κ3) is 4.68. The summed E-state index contributed by atoms with van der Waals surface area (Å²) in [5.74, 6) is 1.13. The predicted octanol–water partition coefficient (Wildman–Crippen LogP) is 3.70. The third-order valence-electron chi connectivity index (χ3n) is 4.35. The maximum absolute atomic E-state index is 13.0. The Morgan fingerprint density at radius 3 is 2.45 bits per heavy atom. The van der Waals surface area contributed by atoms with Gasteiger partial charge in [0.15, 0.2) is 5.82 Å². The fourth-order valence-electron chi connectivity index (χ4n) is 2.92. The van der Waals surface area contributed by atoms with Crippen LogP contribution in [0, 0.1) is 0 Å². The molecular formula is C23H20N4O2. The summed E-state index contributed by atoms with van der Waals surface area (Å²) in [4.78, 5) is 17.3. The number of carbonyl (C=O) groups is 1. The Kier molecular flexibility index (Phi) is 5.62. The zero-order valence-electron chi connectivity index (χ0n) is 15.7. The normalized spacial score (nSPS) is 11.6. The molecule has 4 rings (SSSR count). The van der Waals surface area contributed by atoms with E-state index in [9.17, 15) is 4.79 Å². The summed E-state index contributed by atoms with van der Waals surface area (Å²) < 4.78 is 7.67. The molecule has 0 bridgehead atoms. The molecule has 0 aliphatic carbocycles. The van der Waals surface area contributed by atoms with Crippen molar-refractivity contribution < 1.29 is 9.53 Å². The van der Waals surface area contributed by atoms with Crippen LogP contribution in [0.4, 0.5) is 0 Å². The van der Waals surface area contributed by atoms with Crippen molar-refractivity contribution in [2.75, 3.05) is 0 Å². The molecule has 2 aromatic carbocycles. The van der Waals surface area contributed by atoms with E-state index >= 15 is 0 Å². The average molecular weight is 384 g/mol. The van der Waals surface area contributed by atoms with E-state index in [2.05, 4.69) is 15.4 Å². The van der Waals surface area contributed by atoms with Crippen molar-refractivity contribution in [3.8, 4) is 11.6 Å². The quantitative estimate of drug-likeness (QED) is 0.527. The first kappa shape index (κ1) is 18.4. The monoisotopic (exact) mass is 384 g/mol. The molecule has 29 heavy (non-hydrogen) atoms. The van der Waals surface area contributed by atoms with E-state index in [0.717, 1.165) is 11.1 Å². The molecule has 0 fully saturated rings. The fourth-order valence-corrected chi connectivity index (χ4v) is 2.92. The second-order valence-corrected chi connectivity index (χ2v) is 6.41. The first-order valence-electron chi connectivity index (χ1n) is 9.29. The summed E-state index contributed by atoms with van der Waals surface area (Å²) in [6, 6.07) is 24.4. The maximum Gasteiger partial charge on any atom is 0.266 e. The lowest BCUT2D eigenvalue weighted by Gasteiger charge is -2.19. The summed E-state index contributed by atoms with van der Waals surface area (Å²) >= 11 is 0. The number of hydrogen-bond donors (Lipinski definition) is 1. The van der Waals surface area contributed by atoms with E-state index in [1.54, 1.807) is 17.1 Å². The molecule has 4 aromatic rings. The molecule has 144 valence electrons. The topological polar surface area (TPSA) is 69.0 Å². The highest BCUT2D eigenvalue weighted by atomic mass is 16.5. The van der Waals surface area contributed by atoms with Crippen LogP contribution >= 0.6 is 0 Å². The van der Waals surface area contributed by atoms with Crippen LogP contribution in [0.3, 0.4) is 0 Å². The average Bonchev–Trinajstić information content (AvgIpc) is 3.32. The number of ether oxygens (including phenoxy) is 1. The van der Waals surface area contributed by atoms with Crippen molar-refractivity contribution in [2.45, 2.75) is 12.6 Å². The van der Waals surface area contributed by atoms with Gasteiger partial charge in [0.1, 0.15) is 5.75 Å². The smallest absolute Gasteiger partial charge is 0.266 e. The minimum atomic E-state index is -0.744. The highest BCUT2D eigenvalue weighted by molar-refractivity contribution is 5.82. The van der Waals surface area contributed by atoms with Gasteiger partial charge in [-0.3, -0.25) is 4.79 Å². The van der Waals surface area contributed by atoms with Crippen LogP contribution in [0.5, 0.6) is 5.75 Å². The maximum atomic E-state index is 13.0. The van der Waals surface area contributed by atoms with E-state index in [0.29, 0.717) is 18.1 Å². The van der Waals surface area contributed by atoms with Crippen molar-refractivity contribution in [3.05, 3.63) is 109 Å². The van der Waals surface area contributed by atoms with E-state index in [1.165, 1.54) is 0 Å². The molecule has 0 saturated heterocycles. The molecule has 6 heteroatoms. The molecule has 2 aromatic heterocycles. The number of nitrogens with zero attached hydrogens (tertiary/aromatic N) is 3. The zero-order valence-corrected chi connectivity index (χ0v) is 15.7. The molecule has 0 spiro atoms. The Bertz CT molecular complexity index is 1050. The van der Waals surface area contributed by atoms with Gasteiger partial charge in [-0.05, 0) is 35.9 Å². The SMILES string of the molecule is O=C(NCc1ccnc(-n2cccn2)c1)C(Oc1ccccc1)c1ccccc1. The van der Waals surface area contributed by atoms with Crippen molar-refractivity contribution in [3.63, 3.8) is 0 Å². The number of amides is 1. The lowest BCUT2D eigenvalue weighted by molar-refractivity contribution is -0.128. The Morgan fingerprint density at radius 2 is 1.72 bits per heavy atom. The van der Waals surface area contributed by atoms with Crippen LogP contribution in [0.1, 0.15) is 17.2 Å². The van der Waals surface area contributed by atoms with Gasteiger partial charge in [0.25, 0.3) is 5.91 Å². The van der Waals surface area contributed by atoms with Gasteiger partial charge in [-0.25, -0.2) is 9.67 Å². The summed E-state index contributed by atoms with van der Waals surface area (Å²) in [6.45, 7) is 0.358. The van der Waals surface area contributed by atoms with Gasteiger partial charge in [-0.1, -0.05) is 48.5 Å². The molecular weight excluding hydrogens is 364 g/mol. The number of para-hydroxylation sites is 1. The number of nitrogens with one attached hydrogen (secondary N) is 1. The second-order valence-electron chi connectivity index (χ2n) is 6.41. The third-order valence-corrected chi connectivity index (χ3v) is 4.35. The Balaban J connectivity index is 1.49. The predicted molar refractivity (Wildman–Crippen MR) is 109 cm³/mol. The number of pyridine rings is 1. The van der Waals surface area contributed by atoms with Crippen molar-refractivity contribution >= 4 is 5.91 Å². The molecule has 1 amide bonds. The van der Waals surface area contributed by atoms with Crippen LogP contribution in [0.2, 0.25) is 0 Å². The van der Waals surface area contributed by atoms with Gasteiger partial charge in [-0.2, -0.15) is 5.10 Å². The lowest BCUT2D eigenvalue weighted by atomic mass is 10.1. The molecule has 1 unspecified atom stereocenters. The highest BCUT2D eigenvalue weighted by Crippen LogP contribution is 2.22. The van der Waals surface area contributed by atoms with E-state index in [1.807, 2.05) is 85.1 Å². The zero-order chi connectivity index (χ0) is 19.9. The molecule has 6 nitrogen and oxygen atoms in total. The number of carbonyl (C=O) groups excluding carboxylic acids is 1. The van der Waals surface area contributed by atoms with Crippen molar-refractivity contribution in [1.29, 1.82) is 0 Å². The van der Waals surface area contributed by atoms with Gasteiger partial charge >= 0.3 is 0 Å². The largest absolute Gasteiger partial charge is 0.476 e. The summed E-state index contributed by atoms with van der Waals surface area (Å²) in [7, 11) is 0. The van der Waals surface area contributed by atoms with Crippen LogP contribution < -0.4 is 10.1 Å². The number of rotatable bonds is 7. The number of hydrogen-bond acceptors (Lipinski definition) is 4. The molecule has 2 heterocycles. The first-order chi connectivity index (χ1) is 14.3. The molecule has 0 aliphatic rings. The van der Waals surface area contributed by atoms with Gasteiger partial charge in [0.2, 0.25) is 6.10 Å². The van der Waals surface area contributed by atoms with Crippen molar-refractivity contribution in [1.82, 2.24) is 20.1 Å². The highest BCUT2D eigenvalue weighted by Gasteiger charge is 2.22. The van der Waals surface area contributed by atoms with E-state index in [4.69, 9.17) is 4.74 Å². The second kappa shape index (κ2) is 8.84. The van der Waals surface area contributed by atoms with Crippen LogP contribution in [0.15, 0.2) is 97.5 Å². The first-order valence-corrected chi connectivity index (χ1v) is 9.29. The van der Waals surface area contributed by atoms with Crippen LogP contribution in [0.25, 0.3) is 5.82 Å². The van der Waals surface area contributed by atoms with Gasteiger partial charge in [-0.15, -0.1) is 0 Å². The minimum absolute atomic E-state index is 0.211. The molecule has 0 aliphatic heterocycles. The van der Waals surface area contributed by atoms with Gasteiger partial charge in [0, 0.05) is 30.7 Å². The lowest BCUT2D eigenvalue weighted by Crippen LogP contribution is -2.32. The van der Waals surface area contributed by atoms with Crippen LogP contribution in [-0.2, 0) is 11.3 Å². The fraction of sp³-hybridized carbons (Fsp3) is 0.0870. The molecule has 1 N–H and O–H groups in total. The van der Waals surface area contributed by atoms with E-state index in [-0.39, 0.29) is 5.91 Å².